The van der Waals surface area contributed by atoms with Gasteiger partial charge >= 0.3 is 0 Å². The molecule has 0 radical (unpaired) electrons. The second-order valence-electron chi connectivity index (χ2n) is 6.07. The minimum absolute atomic E-state index is 0.132. The average Bonchev–Trinajstić information content (AvgIpc) is 3.06. The molecule has 1 aromatic carbocycles. The van der Waals surface area contributed by atoms with Gasteiger partial charge in [0.2, 0.25) is 5.82 Å². The van der Waals surface area contributed by atoms with Crippen molar-refractivity contribution in [2.24, 2.45) is 5.73 Å². The zero-order valence-corrected chi connectivity index (χ0v) is 14.2. The van der Waals surface area contributed by atoms with Gasteiger partial charge in [0, 0.05) is 29.8 Å². The van der Waals surface area contributed by atoms with E-state index < -0.39 is 0 Å². The largest absolute Gasteiger partial charge is 0.354 e. The Hall–Kier alpha value is -2.69. The molecule has 3 heterocycles. The van der Waals surface area contributed by atoms with Gasteiger partial charge in [-0.3, -0.25) is 4.57 Å². The molecule has 4 rings (SSSR count). The molecule has 1 fully saturated rings. The Morgan fingerprint density at radius 2 is 1.88 bits per heavy atom. The molecule has 8 heteroatoms. The number of halogens is 1. The quantitative estimate of drug-likeness (QED) is 0.759. The number of hydrogen-bond acceptors (Lipinski definition) is 6. The van der Waals surface area contributed by atoms with Gasteiger partial charge in [-0.2, -0.15) is 15.2 Å². The first-order chi connectivity index (χ1) is 12.2. The minimum atomic E-state index is 0.132. The lowest BCUT2D eigenvalue weighted by Gasteiger charge is -2.31. The maximum atomic E-state index is 9.34. The molecule has 0 bridgehead atoms. The molecular formula is C17H16ClN7. The van der Waals surface area contributed by atoms with E-state index in [1.807, 2.05) is 34.9 Å². The summed E-state index contributed by atoms with van der Waals surface area (Å²) in [6.07, 6.45) is 3.49. The van der Waals surface area contributed by atoms with E-state index in [1.54, 1.807) is 6.33 Å². The Bertz CT molecular complexity index is 950. The topological polar surface area (TPSA) is 96.6 Å². The zero-order valence-electron chi connectivity index (χ0n) is 13.4. The van der Waals surface area contributed by atoms with E-state index in [4.69, 9.17) is 17.3 Å². The van der Waals surface area contributed by atoms with Gasteiger partial charge in [-0.1, -0.05) is 11.6 Å². The summed E-state index contributed by atoms with van der Waals surface area (Å²) >= 11 is 5.97. The third kappa shape index (κ3) is 2.90. The molecule has 0 atom stereocenters. The molecule has 3 aromatic rings. The van der Waals surface area contributed by atoms with Gasteiger partial charge in [0.25, 0.3) is 0 Å². The van der Waals surface area contributed by atoms with E-state index in [9.17, 15) is 5.26 Å². The van der Waals surface area contributed by atoms with Crippen molar-refractivity contribution in [2.75, 3.05) is 18.0 Å². The molecule has 1 aliphatic rings. The van der Waals surface area contributed by atoms with E-state index in [-0.39, 0.29) is 11.9 Å². The number of benzene rings is 1. The third-order valence-electron chi connectivity index (χ3n) is 4.42. The molecule has 0 amide bonds. The highest BCUT2D eigenvalue weighted by atomic mass is 35.5. The van der Waals surface area contributed by atoms with Gasteiger partial charge in [-0.25, -0.2) is 4.98 Å². The fourth-order valence-electron chi connectivity index (χ4n) is 3.06. The van der Waals surface area contributed by atoms with Gasteiger partial charge in [0.15, 0.2) is 17.0 Å². The van der Waals surface area contributed by atoms with E-state index in [0.717, 1.165) is 31.6 Å². The number of aromatic nitrogens is 4. The van der Waals surface area contributed by atoms with Crippen LogP contribution in [0.25, 0.3) is 16.9 Å². The first-order valence-corrected chi connectivity index (χ1v) is 8.45. The number of anilines is 1. The Morgan fingerprint density at radius 1 is 1.16 bits per heavy atom. The maximum Gasteiger partial charge on any atom is 0.236 e. The first kappa shape index (κ1) is 15.8. The summed E-state index contributed by atoms with van der Waals surface area (Å²) in [6.45, 7) is 1.60. The summed E-state index contributed by atoms with van der Waals surface area (Å²) in [6, 6.07) is 9.65. The van der Waals surface area contributed by atoms with Crippen molar-refractivity contribution >= 4 is 28.6 Å². The van der Waals surface area contributed by atoms with E-state index in [1.165, 1.54) is 0 Å². The molecule has 25 heavy (non-hydrogen) atoms. The lowest BCUT2D eigenvalue weighted by Crippen LogP contribution is -2.40. The average molecular weight is 354 g/mol. The molecule has 2 N–H and O–H groups in total. The van der Waals surface area contributed by atoms with Crippen LogP contribution < -0.4 is 10.6 Å². The number of piperidine rings is 1. The zero-order chi connectivity index (χ0) is 17.4. The number of fused-ring (bicyclic) bond motifs is 1. The van der Waals surface area contributed by atoms with Crippen LogP contribution >= 0.6 is 11.6 Å². The van der Waals surface area contributed by atoms with Crippen molar-refractivity contribution in [3.05, 3.63) is 41.4 Å². The van der Waals surface area contributed by atoms with Crippen molar-refractivity contribution < 1.29 is 0 Å². The van der Waals surface area contributed by atoms with Crippen LogP contribution in [0.2, 0.25) is 5.02 Å². The van der Waals surface area contributed by atoms with Crippen LogP contribution in [0.15, 0.2) is 30.6 Å². The number of nitrogens with zero attached hydrogens (tertiary/aromatic N) is 6. The monoisotopic (exact) mass is 353 g/mol. The summed E-state index contributed by atoms with van der Waals surface area (Å²) in [7, 11) is 0. The normalized spacial score (nSPS) is 15.5. The predicted octanol–water partition coefficient (Wildman–Crippen LogP) is 2.27. The van der Waals surface area contributed by atoms with Gasteiger partial charge in [0.1, 0.15) is 12.4 Å². The Balaban J connectivity index is 1.85. The predicted molar refractivity (Wildman–Crippen MR) is 95.8 cm³/mol. The van der Waals surface area contributed by atoms with Crippen LogP contribution in [-0.2, 0) is 0 Å². The molecule has 1 aliphatic heterocycles. The summed E-state index contributed by atoms with van der Waals surface area (Å²) < 4.78 is 1.84. The lowest BCUT2D eigenvalue weighted by atomic mass is 10.1. The lowest BCUT2D eigenvalue weighted by molar-refractivity contribution is 0.499. The number of nitrogens with two attached hydrogens (primary N) is 1. The Morgan fingerprint density at radius 3 is 2.56 bits per heavy atom. The first-order valence-electron chi connectivity index (χ1n) is 8.07. The fraction of sp³-hybridized carbons (Fsp3) is 0.294. The van der Waals surface area contributed by atoms with Crippen LogP contribution in [0, 0.1) is 11.3 Å². The third-order valence-corrected chi connectivity index (χ3v) is 4.67. The van der Waals surface area contributed by atoms with Gasteiger partial charge in [-0.15, -0.1) is 0 Å². The van der Waals surface area contributed by atoms with E-state index in [0.29, 0.717) is 22.0 Å². The highest BCUT2D eigenvalue weighted by Crippen LogP contribution is 2.27. The molecule has 0 spiro atoms. The van der Waals surface area contributed by atoms with Crippen LogP contribution in [0.5, 0.6) is 0 Å². The van der Waals surface area contributed by atoms with Crippen LogP contribution in [0.3, 0.4) is 0 Å². The smallest absolute Gasteiger partial charge is 0.236 e. The Labute approximate surface area is 149 Å². The van der Waals surface area contributed by atoms with E-state index >= 15 is 0 Å². The fourth-order valence-corrected chi connectivity index (χ4v) is 3.18. The summed E-state index contributed by atoms with van der Waals surface area (Å²) in [5.74, 6) is 0.828. The highest BCUT2D eigenvalue weighted by molar-refractivity contribution is 6.30. The molecule has 1 saturated heterocycles. The molecule has 7 nitrogen and oxygen atoms in total. The SMILES string of the molecule is N#Cc1nc(N2CCC(N)CC2)c2ncn(-c3ccc(Cl)cc3)c2n1. The maximum absolute atomic E-state index is 9.34. The van der Waals surface area contributed by atoms with Gasteiger partial charge < -0.3 is 10.6 Å². The van der Waals surface area contributed by atoms with Crippen molar-refractivity contribution in [2.45, 2.75) is 18.9 Å². The summed E-state index contributed by atoms with van der Waals surface area (Å²) in [4.78, 5) is 15.4. The van der Waals surface area contributed by atoms with Crippen molar-refractivity contribution in [3.63, 3.8) is 0 Å². The molecule has 126 valence electrons. The second-order valence-corrected chi connectivity index (χ2v) is 6.51. The van der Waals surface area contributed by atoms with Gasteiger partial charge in [-0.05, 0) is 37.1 Å². The van der Waals surface area contributed by atoms with Crippen LogP contribution in [-0.4, -0.2) is 38.7 Å². The van der Waals surface area contributed by atoms with E-state index in [2.05, 4.69) is 19.9 Å². The number of hydrogen-bond donors (Lipinski definition) is 1. The minimum Gasteiger partial charge on any atom is -0.354 e. The highest BCUT2D eigenvalue weighted by Gasteiger charge is 2.22. The van der Waals surface area contributed by atoms with Crippen molar-refractivity contribution in [3.8, 4) is 11.8 Å². The van der Waals surface area contributed by atoms with Crippen LogP contribution in [0.1, 0.15) is 18.7 Å². The standard InChI is InChI=1S/C17H16ClN7/c18-11-1-3-13(4-2-11)25-10-21-15-16(22-14(9-19)23-17(15)25)24-7-5-12(20)6-8-24/h1-4,10,12H,5-8,20H2. The molecule has 0 unspecified atom stereocenters. The molecule has 0 saturated carbocycles. The number of rotatable bonds is 2. The Kier molecular flexibility index (Phi) is 3.99. The van der Waals surface area contributed by atoms with Crippen molar-refractivity contribution in [1.29, 1.82) is 5.26 Å². The summed E-state index contributed by atoms with van der Waals surface area (Å²) in [5, 5.41) is 9.99. The number of imidazole rings is 1. The number of nitriles is 1. The molecule has 0 aliphatic carbocycles. The van der Waals surface area contributed by atoms with Crippen LogP contribution in [0.4, 0.5) is 5.82 Å². The second kappa shape index (κ2) is 6.31. The summed E-state index contributed by atoms with van der Waals surface area (Å²) in [5.41, 5.74) is 8.16. The van der Waals surface area contributed by atoms with Gasteiger partial charge in [0.05, 0.1) is 0 Å². The molecular weight excluding hydrogens is 338 g/mol. The van der Waals surface area contributed by atoms with Crippen molar-refractivity contribution in [1.82, 2.24) is 19.5 Å². The molecule has 2 aromatic heterocycles.